The molecule has 2 rings (SSSR count). The molecule has 1 N–H and O–H groups in total. The number of carbonyl (C=O) groups excluding carboxylic acids is 1. The van der Waals surface area contributed by atoms with Crippen molar-refractivity contribution in [2.24, 2.45) is 0 Å². The summed E-state index contributed by atoms with van der Waals surface area (Å²) in [4.78, 5) is 11.7. The monoisotopic (exact) mass is 251 g/mol. The van der Waals surface area contributed by atoms with Crippen molar-refractivity contribution in [3.63, 3.8) is 0 Å². The van der Waals surface area contributed by atoms with E-state index in [1.165, 1.54) is 12.8 Å². The van der Waals surface area contributed by atoms with Crippen LogP contribution in [0, 0.1) is 0 Å². The first-order chi connectivity index (χ1) is 8.24. The molecule has 1 saturated carbocycles. The van der Waals surface area contributed by atoms with Gasteiger partial charge in [0.05, 0.1) is 0 Å². The number of aryl methyl sites for hydroxylation is 1. The molecule has 2 nitrogen and oxygen atoms in total. The maximum absolute atomic E-state index is 11.7. The second kappa shape index (κ2) is 6.06. The molecule has 0 bridgehead atoms. The van der Waals surface area contributed by atoms with E-state index in [0.717, 1.165) is 29.8 Å². The molecule has 0 atom stereocenters. The largest absolute Gasteiger partial charge is 0.353 e. The lowest BCUT2D eigenvalue weighted by Gasteiger charge is -2.11. The first-order valence-corrected chi connectivity index (χ1v) is 6.65. The molecule has 0 aromatic heterocycles. The molecule has 1 amide bonds. The van der Waals surface area contributed by atoms with Gasteiger partial charge in [-0.05, 0) is 37.0 Å². The highest BCUT2D eigenvalue weighted by molar-refractivity contribution is 6.30. The molecular formula is C14H18ClNO. The molecule has 17 heavy (non-hydrogen) atoms. The van der Waals surface area contributed by atoms with Crippen molar-refractivity contribution < 1.29 is 4.79 Å². The number of hydrogen-bond acceptors (Lipinski definition) is 1. The Labute approximate surface area is 107 Å². The number of hydrogen-bond donors (Lipinski definition) is 1. The highest BCUT2D eigenvalue weighted by Crippen LogP contribution is 2.18. The Morgan fingerprint density at radius 3 is 2.53 bits per heavy atom. The number of halogens is 1. The SMILES string of the molecule is O=C(CCc1ccc(Cl)cc1)NC1CCCC1. The van der Waals surface area contributed by atoms with Crippen molar-refractivity contribution in [1.82, 2.24) is 5.32 Å². The average Bonchev–Trinajstić information content (AvgIpc) is 2.81. The first-order valence-electron chi connectivity index (χ1n) is 6.28. The topological polar surface area (TPSA) is 29.1 Å². The number of amides is 1. The molecule has 1 aromatic carbocycles. The Kier molecular flexibility index (Phi) is 4.43. The van der Waals surface area contributed by atoms with Gasteiger partial charge in [-0.2, -0.15) is 0 Å². The van der Waals surface area contributed by atoms with Crippen molar-refractivity contribution in [1.29, 1.82) is 0 Å². The maximum atomic E-state index is 11.7. The zero-order valence-electron chi connectivity index (χ0n) is 9.92. The Bertz CT molecular complexity index is 368. The maximum Gasteiger partial charge on any atom is 0.220 e. The van der Waals surface area contributed by atoms with Gasteiger partial charge in [0.2, 0.25) is 5.91 Å². The molecule has 1 aromatic rings. The van der Waals surface area contributed by atoms with Gasteiger partial charge in [-0.25, -0.2) is 0 Å². The minimum absolute atomic E-state index is 0.173. The summed E-state index contributed by atoms with van der Waals surface area (Å²) in [5.41, 5.74) is 1.16. The van der Waals surface area contributed by atoms with Gasteiger partial charge in [-0.1, -0.05) is 36.6 Å². The fourth-order valence-corrected chi connectivity index (χ4v) is 2.40. The van der Waals surface area contributed by atoms with Crippen molar-refractivity contribution in [3.8, 4) is 0 Å². The van der Waals surface area contributed by atoms with Crippen LogP contribution in [0.1, 0.15) is 37.7 Å². The van der Waals surface area contributed by atoms with Gasteiger partial charge in [0.25, 0.3) is 0 Å². The van der Waals surface area contributed by atoms with Gasteiger partial charge >= 0.3 is 0 Å². The van der Waals surface area contributed by atoms with Crippen LogP contribution < -0.4 is 5.32 Å². The van der Waals surface area contributed by atoms with Crippen LogP contribution in [-0.4, -0.2) is 11.9 Å². The lowest BCUT2D eigenvalue weighted by molar-refractivity contribution is -0.121. The first kappa shape index (κ1) is 12.4. The highest BCUT2D eigenvalue weighted by Gasteiger charge is 2.16. The number of nitrogens with one attached hydrogen (secondary N) is 1. The Morgan fingerprint density at radius 2 is 1.88 bits per heavy atom. The smallest absolute Gasteiger partial charge is 0.220 e. The average molecular weight is 252 g/mol. The summed E-state index contributed by atoms with van der Waals surface area (Å²) in [5, 5.41) is 3.84. The van der Waals surface area contributed by atoms with E-state index in [0.29, 0.717) is 12.5 Å². The van der Waals surface area contributed by atoms with E-state index < -0.39 is 0 Å². The highest BCUT2D eigenvalue weighted by atomic mass is 35.5. The van der Waals surface area contributed by atoms with Crippen LogP contribution in [0.5, 0.6) is 0 Å². The van der Waals surface area contributed by atoms with Gasteiger partial charge in [0.1, 0.15) is 0 Å². The standard InChI is InChI=1S/C14H18ClNO/c15-12-8-5-11(6-9-12)7-10-14(17)16-13-3-1-2-4-13/h5-6,8-9,13H,1-4,7,10H2,(H,16,17). The second-order valence-electron chi connectivity index (χ2n) is 4.68. The van der Waals surface area contributed by atoms with E-state index in [1.807, 2.05) is 24.3 Å². The van der Waals surface area contributed by atoms with Crippen molar-refractivity contribution >= 4 is 17.5 Å². The van der Waals surface area contributed by atoms with Crippen molar-refractivity contribution in [2.75, 3.05) is 0 Å². The molecule has 3 heteroatoms. The van der Waals surface area contributed by atoms with E-state index >= 15 is 0 Å². The Morgan fingerprint density at radius 1 is 1.24 bits per heavy atom. The summed E-state index contributed by atoms with van der Waals surface area (Å²) < 4.78 is 0. The van der Waals surface area contributed by atoms with Gasteiger partial charge in [-0.15, -0.1) is 0 Å². The fourth-order valence-electron chi connectivity index (χ4n) is 2.28. The van der Waals surface area contributed by atoms with Gasteiger partial charge < -0.3 is 5.32 Å². The van der Waals surface area contributed by atoms with Crippen LogP contribution in [0.4, 0.5) is 0 Å². The van der Waals surface area contributed by atoms with Gasteiger partial charge in [-0.3, -0.25) is 4.79 Å². The van der Waals surface area contributed by atoms with E-state index in [1.54, 1.807) is 0 Å². The predicted molar refractivity (Wildman–Crippen MR) is 70.2 cm³/mol. The summed E-state index contributed by atoms with van der Waals surface area (Å²) in [7, 11) is 0. The quantitative estimate of drug-likeness (QED) is 0.874. The minimum atomic E-state index is 0.173. The third kappa shape index (κ3) is 4.04. The third-order valence-electron chi connectivity index (χ3n) is 3.27. The van der Waals surface area contributed by atoms with Gasteiger partial charge in [0.15, 0.2) is 0 Å². The molecule has 0 heterocycles. The summed E-state index contributed by atoms with van der Waals surface area (Å²) in [6.07, 6.45) is 6.15. The summed E-state index contributed by atoms with van der Waals surface area (Å²) in [6.45, 7) is 0. The molecule has 0 spiro atoms. The van der Waals surface area contributed by atoms with E-state index in [-0.39, 0.29) is 5.91 Å². The summed E-state index contributed by atoms with van der Waals surface area (Å²) >= 11 is 5.81. The van der Waals surface area contributed by atoms with Crippen LogP contribution in [0.25, 0.3) is 0 Å². The van der Waals surface area contributed by atoms with Crippen LogP contribution >= 0.6 is 11.6 Å². The zero-order valence-corrected chi connectivity index (χ0v) is 10.7. The molecule has 1 aliphatic rings. The Hall–Kier alpha value is -1.02. The minimum Gasteiger partial charge on any atom is -0.353 e. The molecule has 0 radical (unpaired) electrons. The van der Waals surface area contributed by atoms with Crippen LogP contribution in [-0.2, 0) is 11.2 Å². The molecular weight excluding hydrogens is 234 g/mol. The lowest BCUT2D eigenvalue weighted by atomic mass is 10.1. The van der Waals surface area contributed by atoms with Gasteiger partial charge in [0, 0.05) is 17.5 Å². The molecule has 92 valence electrons. The summed E-state index contributed by atoms with van der Waals surface area (Å²) in [5.74, 6) is 0.173. The molecule has 1 fully saturated rings. The molecule has 0 unspecified atom stereocenters. The van der Waals surface area contributed by atoms with E-state index in [4.69, 9.17) is 11.6 Å². The number of rotatable bonds is 4. The summed E-state index contributed by atoms with van der Waals surface area (Å²) in [6, 6.07) is 8.11. The molecule has 1 aliphatic carbocycles. The van der Waals surface area contributed by atoms with Crippen LogP contribution in [0.15, 0.2) is 24.3 Å². The van der Waals surface area contributed by atoms with Crippen molar-refractivity contribution in [3.05, 3.63) is 34.9 Å². The van der Waals surface area contributed by atoms with E-state index in [9.17, 15) is 4.79 Å². The number of benzene rings is 1. The zero-order chi connectivity index (χ0) is 12.1. The lowest BCUT2D eigenvalue weighted by Crippen LogP contribution is -2.32. The molecule has 0 aliphatic heterocycles. The van der Waals surface area contributed by atoms with Crippen molar-refractivity contribution in [2.45, 2.75) is 44.6 Å². The second-order valence-corrected chi connectivity index (χ2v) is 5.11. The number of carbonyl (C=O) groups is 1. The Balaban J connectivity index is 1.73. The third-order valence-corrected chi connectivity index (χ3v) is 3.53. The van der Waals surface area contributed by atoms with Crippen LogP contribution in [0.2, 0.25) is 5.02 Å². The fraction of sp³-hybridized carbons (Fsp3) is 0.500. The van der Waals surface area contributed by atoms with E-state index in [2.05, 4.69) is 5.32 Å². The predicted octanol–water partition coefficient (Wildman–Crippen LogP) is 3.33. The van der Waals surface area contributed by atoms with Crippen LogP contribution in [0.3, 0.4) is 0 Å². The normalized spacial score (nSPS) is 16.1. The molecule has 0 saturated heterocycles.